The Morgan fingerprint density at radius 3 is 2.87 bits per heavy atom. The van der Waals surface area contributed by atoms with E-state index in [0.29, 0.717) is 12.1 Å². The predicted octanol–water partition coefficient (Wildman–Crippen LogP) is 2.89. The number of hydrogen-bond acceptors (Lipinski definition) is 3. The topological polar surface area (TPSA) is 62.4 Å². The third-order valence-electron chi connectivity index (χ3n) is 4.74. The zero-order valence-corrected chi connectivity index (χ0v) is 13.8. The maximum Gasteiger partial charge on any atom is 0.337 e. The molecule has 122 valence electrons. The van der Waals surface area contributed by atoms with Gasteiger partial charge in [0.1, 0.15) is 0 Å². The monoisotopic (exact) mass is 314 g/mol. The Morgan fingerprint density at radius 1 is 1.39 bits per heavy atom. The molecule has 0 bridgehead atoms. The molecule has 0 spiro atoms. The Hall–Kier alpha value is -2.30. The average Bonchev–Trinajstić information content (AvgIpc) is 2.96. The summed E-state index contributed by atoms with van der Waals surface area (Å²) in [4.78, 5) is 29.5. The van der Waals surface area contributed by atoms with E-state index in [4.69, 9.17) is 4.74 Å². The second kappa shape index (κ2) is 6.07. The summed E-state index contributed by atoms with van der Waals surface area (Å²) in [5.74, 6) is -0.0887. The fraction of sp³-hybridized carbons (Fsp3) is 0.444. The van der Waals surface area contributed by atoms with Crippen molar-refractivity contribution in [2.45, 2.75) is 33.2 Å². The summed E-state index contributed by atoms with van der Waals surface area (Å²) in [6.07, 6.45) is 1.67. The molecule has 1 N–H and O–H groups in total. The SMILES string of the molecule is CCC(C)C(=O)N1CCc2[nH]c3ccc(C(=O)OC)cc3c2C1. The molecule has 5 heteroatoms. The molecule has 1 aromatic heterocycles. The lowest BCUT2D eigenvalue weighted by Gasteiger charge is -2.29. The Bertz CT molecular complexity index is 763. The second-order valence-corrected chi connectivity index (χ2v) is 6.15. The molecule has 1 aliphatic heterocycles. The van der Waals surface area contributed by atoms with Crippen LogP contribution in [0.25, 0.3) is 10.9 Å². The first-order valence-electron chi connectivity index (χ1n) is 8.05. The van der Waals surface area contributed by atoms with Crippen molar-refractivity contribution in [3.05, 3.63) is 35.0 Å². The average molecular weight is 314 g/mol. The number of methoxy groups -OCH3 is 1. The number of hydrogen-bond donors (Lipinski definition) is 1. The van der Waals surface area contributed by atoms with Crippen molar-refractivity contribution in [2.75, 3.05) is 13.7 Å². The Morgan fingerprint density at radius 2 is 2.17 bits per heavy atom. The molecule has 0 aliphatic carbocycles. The lowest BCUT2D eigenvalue weighted by molar-refractivity contribution is -0.136. The summed E-state index contributed by atoms with van der Waals surface area (Å²) in [5, 5.41) is 1.00. The van der Waals surface area contributed by atoms with Crippen molar-refractivity contribution >= 4 is 22.8 Å². The summed E-state index contributed by atoms with van der Waals surface area (Å²) >= 11 is 0. The minimum absolute atomic E-state index is 0.0485. The van der Waals surface area contributed by atoms with Gasteiger partial charge in [-0.1, -0.05) is 13.8 Å². The quantitative estimate of drug-likeness (QED) is 0.886. The van der Waals surface area contributed by atoms with E-state index in [2.05, 4.69) is 4.98 Å². The van der Waals surface area contributed by atoms with Crippen molar-refractivity contribution in [3.8, 4) is 0 Å². The number of carbonyl (C=O) groups is 2. The zero-order chi connectivity index (χ0) is 16.6. The van der Waals surface area contributed by atoms with Gasteiger partial charge in [0, 0.05) is 47.6 Å². The molecular weight excluding hydrogens is 292 g/mol. The third kappa shape index (κ3) is 2.71. The largest absolute Gasteiger partial charge is 0.465 e. The molecule has 1 atom stereocenters. The summed E-state index contributed by atoms with van der Waals surface area (Å²) in [6.45, 7) is 5.35. The lowest BCUT2D eigenvalue weighted by atomic mass is 10.0. The Kier molecular flexibility index (Phi) is 4.11. The molecule has 1 unspecified atom stereocenters. The summed E-state index contributed by atoms with van der Waals surface area (Å²) < 4.78 is 4.80. The number of benzene rings is 1. The number of esters is 1. The molecule has 1 aromatic carbocycles. The summed E-state index contributed by atoms with van der Waals surface area (Å²) in [5.41, 5.74) is 3.82. The number of ether oxygens (including phenoxy) is 1. The van der Waals surface area contributed by atoms with Crippen LogP contribution in [0.3, 0.4) is 0 Å². The molecule has 23 heavy (non-hydrogen) atoms. The standard InChI is InChI=1S/C18H22N2O3/c1-4-11(2)17(21)20-8-7-16-14(10-20)13-9-12(18(22)23-3)5-6-15(13)19-16/h5-6,9,11,19H,4,7-8,10H2,1-3H3. The van der Waals surface area contributed by atoms with Crippen LogP contribution in [0, 0.1) is 5.92 Å². The molecule has 0 radical (unpaired) electrons. The van der Waals surface area contributed by atoms with Crippen LogP contribution in [0.2, 0.25) is 0 Å². The number of rotatable bonds is 3. The lowest BCUT2D eigenvalue weighted by Crippen LogP contribution is -2.38. The Labute approximate surface area is 135 Å². The van der Waals surface area contributed by atoms with Crippen molar-refractivity contribution in [2.24, 2.45) is 5.92 Å². The number of carbonyl (C=O) groups excluding carboxylic acids is 2. The number of nitrogens with one attached hydrogen (secondary N) is 1. The first-order valence-corrected chi connectivity index (χ1v) is 8.05. The normalized spacial score (nSPS) is 15.3. The summed E-state index contributed by atoms with van der Waals surface area (Å²) in [7, 11) is 1.38. The first kappa shape index (κ1) is 15.6. The second-order valence-electron chi connectivity index (χ2n) is 6.15. The molecule has 1 aliphatic rings. The molecule has 0 fully saturated rings. The van der Waals surface area contributed by atoms with Crippen LogP contribution in [0.4, 0.5) is 0 Å². The number of amides is 1. The van der Waals surface area contributed by atoms with E-state index in [9.17, 15) is 9.59 Å². The van der Waals surface area contributed by atoms with E-state index >= 15 is 0 Å². The van der Waals surface area contributed by atoms with Crippen molar-refractivity contribution in [3.63, 3.8) is 0 Å². The molecule has 0 saturated carbocycles. The van der Waals surface area contributed by atoms with Crippen LogP contribution in [0.1, 0.15) is 41.9 Å². The van der Waals surface area contributed by atoms with Gasteiger partial charge in [-0.15, -0.1) is 0 Å². The number of fused-ring (bicyclic) bond motifs is 3. The van der Waals surface area contributed by atoms with Crippen LogP contribution in [0.5, 0.6) is 0 Å². The van der Waals surface area contributed by atoms with Crippen molar-refractivity contribution < 1.29 is 14.3 Å². The van der Waals surface area contributed by atoms with Crippen LogP contribution >= 0.6 is 0 Å². The summed E-state index contributed by atoms with van der Waals surface area (Å²) in [6, 6.07) is 5.52. The highest BCUT2D eigenvalue weighted by atomic mass is 16.5. The fourth-order valence-corrected chi connectivity index (χ4v) is 3.13. The Balaban J connectivity index is 1.97. The van der Waals surface area contributed by atoms with Crippen LogP contribution in [0.15, 0.2) is 18.2 Å². The zero-order valence-electron chi connectivity index (χ0n) is 13.8. The number of aromatic amines is 1. The van der Waals surface area contributed by atoms with Gasteiger partial charge < -0.3 is 14.6 Å². The minimum Gasteiger partial charge on any atom is -0.465 e. The van der Waals surface area contributed by atoms with E-state index in [0.717, 1.165) is 41.5 Å². The van der Waals surface area contributed by atoms with Gasteiger partial charge in [-0.3, -0.25) is 4.79 Å². The molecule has 0 saturated heterocycles. The highest BCUT2D eigenvalue weighted by molar-refractivity contribution is 5.96. The third-order valence-corrected chi connectivity index (χ3v) is 4.74. The van der Waals surface area contributed by atoms with Crippen LogP contribution in [-0.4, -0.2) is 35.4 Å². The molecule has 2 heterocycles. The molecule has 5 nitrogen and oxygen atoms in total. The van der Waals surface area contributed by atoms with E-state index < -0.39 is 0 Å². The van der Waals surface area contributed by atoms with Gasteiger partial charge in [-0.05, 0) is 24.6 Å². The van der Waals surface area contributed by atoms with Crippen molar-refractivity contribution in [1.29, 1.82) is 0 Å². The van der Waals surface area contributed by atoms with Crippen LogP contribution < -0.4 is 0 Å². The van der Waals surface area contributed by atoms with Gasteiger partial charge in [0.15, 0.2) is 0 Å². The maximum atomic E-state index is 12.5. The number of H-pyrrole nitrogens is 1. The van der Waals surface area contributed by atoms with E-state index in [1.165, 1.54) is 7.11 Å². The molecule has 1 amide bonds. The van der Waals surface area contributed by atoms with Gasteiger partial charge in [0.05, 0.1) is 12.7 Å². The number of nitrogens with zero attached hydrogens (tertiary/aromatic N) is 1. The van der Waals surface area contributed by atoms with Gasteiger partial charge in [-0.2, -0.15) is 0 Å². The first-order chi connectivity index (χ1) is 11.0. The van der Waals surface area contributed by atoms with Crippen LogP contribution in [-0.2, 0) is 22.5 Å². The van der Waals surface area contributed by atoms with E-state index in [-0.39, 0.29) is 17.8 Å². The molecular formula is C18H22N2O3. The molecule has 3 rings (SSSR count). The maximum absolute atomic E-state index is 12.5. The highest BCUT2D eigenvalue weighted by Gasteiger charge is 2.26. The molecule has 2 aromatic rings. The van der Waals surface area contributed by atoms with Gasteiger partial charge in [-0.25, -0.2) is 4.79 Å². The number of aromatic nitrogens is 1. The van der Waals surface area contributed by atoms with Crippen molar-refractivity contribution in [1.82, 2.24) is 9.88 Å². The van der Waals surface area contributed by atoms with Gasteiger partial charge in [0.25, 0.3) is 0 Å². The fourth-order valence-electron chi connectivity index (χ4n) is 3.13. The highest BCUT2D eigenvalue weighted by Crippen LogP contribution is 2.29. The van der Waals surface area contributed by atoms with E-state index in [1.807, 2.05) is 30.9 Å². The van der Waals surface area contributed by atoms with E-state index in [1.54, 1.807) is 6.07 Å². The van der Waals surface area contributed by atoms with Gasteiger partial charge >= 0.3 is 5.97 Å². The van der Waals surface area contributed by atoms with Gasteiger partial charge in [0.2, 0.25) is 5.91 Å². The minimum atomic E-state index is -0.342. The smallest absolute Gasteiger partial charge is 0.337 e. The predicted molar refractivity (Wildman–Crippen MR) is 88.2 cm³/mol.